The summed E-state index contributed by atoms with van der Waals surface area (Å²) in [5, 5.41) is 12.8. The summed E-state index contributed by atoms with van der Waals surface area (Å²) in [6.45, 7) is 7.82. The van der Waals surface area contributed by atoms with Crippen molar-refractivity contribution in [1.29, 1.82) is 0 Å². The van der Waals surface area contributed by atoms with Crippen LogP contribution in [0.2, 0.25) is 0 Å². The Morgan fingerprint density at radius 3 is 2.52 bits per heavy atom. The molecule has 5 heteroatoms. The molecule has 4 heterocycles. The summed E-state index contributed by atoms with van der Waals surface area (Å²) in [7, 11) is 0. The largest absolute Gasteiger partial charge is 0.491 e. The lowest BCUT2D eigenvalue weighted by Crippen LogP contribution is -2.52. The van der Waals surface area contributed by atoms with E-state index in [4.69, 9.17) is 4.74 Å². The van der Waals surface area contributed by atoms with Crippen LogP contribution in [0.3, 0.4) is 0 Å². The number of hydrogen-bond acceptors (Lipinski definition) is 4. The van der Waals surface area contributed by atoms with Gasteiger partial charge in [0.25, 0.3) is 0 Å². The Morgan fingerprint density at radius 2 is 1.84 bits per heavy atom. The number of hydrogen-bond donors (Lipinski definition) is 1. The third-order valence-corrected chi connectivity index (χ3v) is 7.03. The Kier molecular flexibility index (Phi) is 5.27. The van der Waals surface area contributed by atoms with Crippen LogP contribution in [0.1, 0.15) is 50.8 Å². The molecule has 3 atom stereocenters. The van der Waals surface area contributed by atoms with Crippen molar-refractivity contribution >= 4 is 10.9 Å². The summed E-state index contributed by atoms with van der Waals surface area (Å²) >= 11 is 0. The molecule has 2 aliphatic heterocycles. The molecule has 31 heavy (non-hydrogen) atoms. The highest BCUT2D eigenvalue weighted by atomic mass is 16.5. The van der Waals surface area contributed by atoms with Gasteiger partial charge in [0.1, 0.15) is 5.75 Å². The number of aliphatic hydroxyl groups is 1. The third kappa shape index (κ3) is 4.09. The van der Waals surface area contributed by atoms with Gasteiger partial charge >= 0.3 is 0 Å². The van der Waals surface area contributed by atoms with Crippen LogP contribution in [-0.2, 0) is 13.1 Å². The van der Waals surface area contributed by atoms with Gasteiger partial charge in [0.2, 0.25) is 0 Å². The molecule has 0 spiro atoms. The van der Waals surface area contributed by atoms with Crippen LogP contribution < -0.4 is 4.74 Å². The van der Waals surface area contributed by atoms with E-state index < -0.39 is 5.60 Å². The zero-order valence-electron chi connectivity index (χ0n) is 18.8. The molecule has 0 radical (unpaired) electrons. The molecule has 0 amide bonds. The molecular formula is C26H33N3O2. The second-order valence-corrected chi connectivity index (χ2v) is 9.81. The fourth-order valence-corrected chi connectivity index (χ4v) is 5.70. The molecule has 0 saturated carbocycles. The lowest BCUT2D eigenvalue weighted by atomic mass is 9.85. The van der Waals surface area contributed by atoms with E-state index in [1.807, 2.05) is 18.5 Å². The number of nitrogens with zero attached hydrogens (tertiary/aromatic N) is 3. The van der Waals surface area contributed by atoms with Crippen LogP contribution in [-0.4, -0.2) is 43.3 Å². The number of pyridine rings is 1. The number of rotatable bonds is 6. The van der Waals surface area contributed by atoms with Gasteiger partial charge in [-0.25, -0.2) is 0 Å². The van der Waals surface area contributed by atoms with Crippen LogP contribution >= 0.6 is 0 Å². The van der Waals surface area contributed by atoms with Crippen molar-refractivity contribution in [3.8, 4) is 5.75 Å². The number of aromatic nitrogens is 2. The topological polar surface area (TPSA) is 50.5 Å². The molecule has 3 aromatic rings. The highest BCUT2D eigenvalue weighted by Crippen LogP contribution is 2.43. The summed E-state index contributed by atoms with van der Waals surface area (Å²) in [5.74, 6) is 0.929. The minimum Gasteiger partial charge on any atom is -0.491 e. The molecule has 2 saturated heterocycles. The zero-order valence-corrected chi connectivity index (χ0v) is 18.8. The minimum absolute atomic E-state index is 0.193. The number of benzene rings is 1. The normalized spacial score (nSPS) is 26.1. The minimum atomic E-state index is -0.663. The van der Waals surface area contributed by atoms with Gasteiger partial charge in [-0.15, -0.1) is 0 Å². The molecule has 164 valence electrons. The lowest BCUT2D eigenvalue weighted by molar-refractivity contribution is -0.0647. The first kappa shape index (κ1) is 20.5. The zero-order chi connectivity index (χ0) is 21.6. The molecule has 2 aromatic heterocycles. The fraction of sp³-hybridized carbons (Fsp3) is 0.500. The Hall–Kier alpha value is -2.37. The quantitative estimate of drug-likeness (QED) is 0.630. The summed E-state index contributed by atoms with van der Waals surface area (Å²) in [4.78, 5) is 6.93. The van der Waals surface area contributed by atoms with Gasteiger partial charge in [-0.3, -0.25) is 9.88 Å². The van der Waals surface area contributed by atoms with Gasteiger partial charge < -0.3 is 14.4 Å². The molecule has 0 aliphatic carbocycles. The first-order valence-electron chi connectivity index (χ1n) is 11.5. The Labute approximate surface area is 184 Å². The van der Waals surface area contributed by atoms with Gasteiger partial charge in [0.05, 0.1) is 30.0 Å². The van der Waals surface area contributed by atoms with Crippen LogP contribution in [0, 0.1) is 6.92 Å². The summed E-state index contributed by atoms with van der Waals surface area (Å²) in [5.41, 5.74) is 2.96. The van der Waals surface area contributed by atoms with Crippen LogP contribution in [0.15, 0.2) is 48.8 Å². The first-order chi connectivity index (χ1) is 14.9. The monoisotopic (exact) mass is 419 g/mol. The second-order valence-electron chi connectivity index (χ2n) is 9.81. The van der Waals surface area contributed by atoms with E-state index in [-0.39, 0.29) is 6.10 Å². The predicted octanol–water partition coefficient (Wildman–Crippen LogP) is 4.69. The van der Waals surface area contributed by atoms with E-state index in [2.05, 4.69) is 65.6 Å². The van der Waals surface area contributed by atoms with Crippen molar-refractivity contribution in [2.45, 2.75) is 83.3 Å². The average Bonchev–Trinajstić information content (AvgIpc) is 3.16. The van der Waals surface area contributed by atoms with E-state index in [9.17, 15) is 5.11 Å². The van der Waals surface area contributed by atoms with Gasteiger partial charge in [0.15, 0.2) is 0 Å². The number of aryl methyl sites for hydroxylation is 1. The maximum atomic E-state index is 11.6. The summed E-state index contributed by atoms with van der Waals surface area (Å²) in [6.07, 6.45) is 7.96. The second kappa shape index (κ2) is 7.95. The first-order valence-corrected chi connectivity index (χ1v) is 11.5. The van der Waals surface area contributed by atoms with Crippen LogP contribution in [0.4, 0.5) is 0 Å². The van der Waals surface area contributed by atoms with E-state index >= 15 is 0 Å². The van der Waals surface area contributed by atoms with Crippen molar-refractivity contribution < 1.29 is 9.84 Å². The Morgan fingerprint density at radius 1 is 1.13 bits per heavy atom. The number of piperidine rings is 1. The van der Waals surface area contributed by atoms with Gasteiger partial charge in [-0.1, -0.05) is 12.1 Å². The van der Waals surface area contributed by atoms with E-state index in [0.717, 1.165) is 30.7 Å². The van der Waals surface area contributed by atoms with Crippen LogP contribution in [0.5, 0.6) is 5.75 Å². The molecule has 2 fully saturated rings. The van der Waals surface area contributed by atoms with E-state index in [1.54, 1.807) is 0 Å². The van der Waals surface area contributed by atoms with Crippen LogP contribution in [0.25, 0.3) is 10.9 Å². The van der Waals surface area contributed by atoms with E-state index in [1.165, 1.54) is 29.5 Å². The highest BCUT2D eigenvalue weighted by molar-refractivity contribution is 5.80. The average molecular weight is 420 g/mol. The molecule has 2 aliphatic rings. The van der Waals surface area contributed by atoms with Crippen molar-refractivity contribution in [2.75, 3.05) is 0 Å². The van der Waals surface area contributed by atoms with Gasteiger partial charge in [0, 0.05) is 35.9 Å². The molecule has 1 aromatic carbocycles. The summed E-state index contributed by atoms with van der Waals surface area (Å²) in [6, 6.07) is 13.6. The third-order valence-electron chi connectivity index (χ3n) is 7.03. The molecule has 1 unspecified atom stereocenters. The van der Waals surface area contributed by atoms with Crippen molar-refractivity contribution in [2.24, 2.45) is 0 Å². The molecule has 5 nitrogen and oxygen atoms in total. The van der Waals surface area contributed by atoms with Crippen molar-refractivity contribution in [3.05, 3.63) is 60.0 Å². The lowest BCUT2D eigenvalue weighted by Gasteiger charge is -2.44. The molecule has 1 N–H and O–H groups in total. The maximum absolute atomic E-state index is 11.6. The van der Waals surface area contributed by atoms with E-state index in [0.29, 0.717) is 18.6 Å². The van der Waals surface area contributed by atoms with Crippen molar-refractivity contribution in [3.63, 3.8) is 0 Å². The molecule has 2 bridgehead atoms. The smallest absolute Gasteiger partial charge is 0.119 e. The Bertz CT molecular complexity index is 1040. The van der Waals surface area contributed by atoms with Gasteiger partial charge in [-0.05, 0) is 76.3 Å². The molecular weight excluding hydrogens is 386 g/mol. The maximum Gasteiger partial charge on any atom is 0.119 e. The molecule has 5 rings (SSSR count). The fourth-order valence-electron chi connectivity index (χ4n) is 5.70. The van der Waals surface area contributed by atoms with Gasteiger partial charge in [-0.2, -0.15) is 0 Å². The Balaban J connectivity index is 1.29. The number of ether oxygens (including phenoxy) is 1. The van der Waals surface area contributed by atoms with Crippen molar-refractivity contribution in [1.82, 2.24) is 14.5 Å². The standard InChI is InChI=1S/C26H33N3O2/c1-18(2)31-24-8-4-20(5-9-24)16-28-22-6-7-23(28)14-26(30,13-22)17-29-19(3)12-21-10-11-27-15-25(21)29/h4-5,8-12,15,18,22-23,30H,6-7,13-14,16-17H2,1-3H3/t22-,23+,26?. The SMILES string of the molecule is Cc1cc2ccncc2n1CC1(O)C[C@H]2CC[C@@H](C1)N2Cc1ccc(OC(C)C)cc1. The number of fused-ring (bicyclic) bond motifs is 3. The predicted molar refractivity (Wildman–Crippen MR) is 123 cm³/mol. The summed E-state index contributed by atoms with van der Waals surface area (Å²) < 4.78 is 8.03. The highest BCUT2D eigenvalue weighted by Gasteiger charge is 2.47.